The van der Waals surface area contributed by atoms with E-state index in [1.54, 1.807) is 81.0 Å². The van der Waals surface area contributed by atoms with Crippen LogP contribution < -0.4 is 29.0 Å². The van der Waals surface area contributed by atoms with Gasteiger partial charge in [-0.1, -0.05) is 12.1 Å². The minimum atomic E-state index is -0.326. The Bertz CT molecular complexity index is 1250. The van der Waals surface area contributed by atoms with Crippen molar-refractivity contribution in [2.45, 2.75) is 0 Å². The van der Waals surface area contributed by atoms with Gasteiger partial charge in [-0.15, -0.1) is 0 Å². The van der Waals surface area contributed by atoms with Crippen molar-refractivity contribution < 1.29 is 33.3 Å². The van der Waals surface area contributed by atoms with Gasteiger partial charge in [0.1, 0.15) is 17.2 Å². The van der Waals surface area contributed by atoms with E-state index in [0.717, 1.165) is 0 Å². The maximum Gasteiger partial charge on any atom is 0.262 e. The molecule has 3 aromatic rings. The lowest BCUT2D eigenvalue weighted by Gasteiger charge is -2.10. The van der Waals surface area contributed by atoms with Crippen molar-refractivity contribution in [2.24, 2.45) is 0 Å². The number of benzene rings is 3. The zero-order valence-electron chi connectivity index (χ0n) is 18.9. The first kappa shape index (κ1) is 22.7. The molecular formula is C26H23NO7. The molecule has 0 unspecified atom stereocenters. The number of fused-ring (bicyclic) bond motifs is 1. The number of rotatable bonds is 8. The first-order chi connectivity index (χ1) is 16.5. The van der Waals surface area contributed by atoms with Gasteiger partial charge in [0.15, 0.2) is 23.9 Å². The first-order valence-electron chi connectivity index (χ1n) is 10.4. The summed E-state index contributed by atoms with van der Waals surface area (Å²) < 4.78 is 27.2. The lowest BCUT2D eigenvalue weighted by Crippen LogP contribution is -2.20. The summed E-state index contributed by atoms with van der Waals surface area (Å²) in [5, 5.41) is 2.74. The Labute approximate surface area is 196 Å². The largest absolute Gasteiger partial charge is 0.497 e. The Hall–Kier alpha value is -4.46. The molecule has 4 rings (SSSR count). The van der Waals surface area contributed by atoms with E-state index in [1.165, 1.54) is 7.11 Å². The second-order valence-corrected chi connectivity index (χ2v) is 7.25. The number of para-hydroxylation sites is 1. The van der Waals surface area contributed by atoms with E-state index in [9.17, 15) is 9.59 Å². The molecule has 0 fully saturated rings. The summed E-state index contributed by atoms with van der Waals surface area (Å²) in [7, 11) is 4.64. The van der Waals surface area contributed by atoms with E-state index >= 15 is 0 Å². The molecular weight excluding hydrogens is 438 g/mol. The Balaban J connectivity index is 1.43. The SMILES string of the molecule is COc1ccc(NC(=O)COc2ccc3c(c2)OC(=Cc2cccc(OC)c2OC)C3=O)cc1. The number of carbonyl (C=O) groups is 2. The topological polar surface area (TPSA) is 92.3 Å². The number of Topliss-reactive ketones (excluding diaryl/α,β-unsaturated/α-hetero) is 1. The monoisotopic (exact) mass is 461 g/mol. The average Bonchev–Trinajstić information content (AvgIpc) is 3.17. The Kier molecular flexibility index (Phi) is 6.68. The highest BCUT2D eigenvalue weighted by Crippen LogP contribution is 2.37. The van der Waals surface area contributed by atoms with Crippen LogP contribution >= 0.6 is 0 Å². The number of allylic oxidation sites excluding steroid dienone is 1. The van der Waals surface area contributed by atoms with E-state index in [-0.39, 0.29) is 24.1 Å². The maximum atomic E-state index is 12.8. The Morgan fingerprint density at radius 2 is 1.71 bits per heavy atom. The second-order valence-electron chi connectivity index (χ2n) is 7.25. The number of ketones is 1. The molecule has 34 heavy (non-hydrogen) atoms. The van der Waals surface area contributed by atoms with E-state index in [4.69, 9.17) is 23.7 Å². The molecule has 0 aromatic heterocycles. The fraction of sp³-hybridized carbons (Fsp3) is 0.154. The fourth-order valence-corrected chi connectivity index (χ4v) is 3.44. The van der Waals surface area contributed by atoms with Gasteiger partial charge < -0.3 is 29.0 Å². The van der Waals surface area contributed by atoms with Gasteiger partial charge in [-0.3, -0.25) is 9.59 Å². The van der Waals surface area contributed by atoms with Crippen molar-refractivity contribution in [2.75, 3.05) is 33.3 Å². The third-order valence-electron chi connectivity index (χ3n) is 5.11. The number of amides is 1. The lowest BCUT2D eigenvalue weighted by atomic mass is 10.1. The molecule has 0 atom stereocenters. The normalized spacial score (nSPS) is 13.1. The highest BCUT2D eigenvalue weighted by molar-refractivity contribution is 6.14. The van der Waals surface area contributed by atoms with Crippen LogP contribution in [0, 0.1) is 0 Å². The van der Waals surface area contributed by atoms with Gasteiger partial charge >= 0.3 is 0 Å². The van der Waals surface area contributed by atoms with E-state index in [0.29, 0.717) is 45.6 Å². The number of hydrogen-bond donors (Lipinski definition) is 1. The summed E-state index contributed by atoms with van der Waals surface area (Å²) >= 11 is 0. The summed E-state index contributed by atoms with van der Waals surface area (Å²) in [6, 6.07) is 17.1. The van der Waals surface area contributed by atoms with Crippen LogP contribution in [0.25, 0.3) is 6.08 Å². The fourth-order valence-electron chi connectivity index (χ4n) is 3.44. The number of ether oxygens (including phenoxy) is 5. The van der Waals surface area contributed by atoms with Gasteiger partial charge in [0, 0.05) is 17.3 Å². The molecule has 3 aromatic carbocycles. The zero-order chi connectivity index (χ0) is 24.1. The number of hydrogen-bond acceptors (Lipinski definition) is 7. The zero-order valence-corrected chi connectivity index (χ0v) is 18.9. The Morgan fingerprint density at radius 1 is 0.941 bits per heavy atom. The molecule has 0 saturated carbocycles. The highest BCUT2D eigenvalue weighted by Gasteiger charge is 2.28. The molecule has 1 N–H and O–H groups in total. The van der Waals surface area contributed by atoms with Crippen LogP contribution in [-0.2, 0) is 4.79 Å². The van der Waals surface area contributed by atoms with E-state index < -0.39 is 0 Å². The van der Waals surface area contributed by atoms with Gasteiger partial charge in [0.2, 0.25) is 5.78 Å². The van der Waals surface area contributed by atoms with Crippen LogP contribution in [-0.4, -0.2) is 39.6 Å². The molecule has 0 aliphatic carbocycles. The molecule has 8 nitrogen and oxygen atoms in total. The van der Waals surface area contributed by atoms with Crippen molar-refractivity contribution in [3.63, 3.8) is 0 Å². The van der Waals surface area contributed by atoms with Crippen LogP contribution in [0.3, 0.4) is 0 Å². The van der Waals surface area contributed by atoms with E-state index in [2.05, 4.69) is 5.32 Å². The summed E-state index contributed by atoms with van der Waals surface area (Å²) in [4.78, 5) is 25.0. The van der Waals surface area contributed by atoms with Crippen LogP contribution in [0.5, 0.6) is 28.7 Å². The van der Waals surface area contributed by atoms with Crippen LogP contribution in [0.2, 0.25) is 0 Å². The van der Waals surface area contributed by atoms with Gasteiger partial charge in [-0.2, -0.15) is 0 Å². The number of anilines is 1. The minimum Gasteiger partial charge on any atom is -0.497 e. The van der Waals surface area contributed by atoms with E-state index in [1.807, 2.05) is 0 Å². The minimum absolute atomic E-state index is 0.149. The lowest BCUT2D eigenvalue weighted by molar-refractivity contribution is -0.118. The second kappa shape index (κ2) is 9.99. The number of nitrogens with one attached hydrogen (secondary N) is 1. The van der Waals surface area contributed by atoms with Crippen molar-refractivity contribution in [3.05, 3.63) is 77.5 Å². The van der Waals surface area contributed by atoms with Crippen LogP contribution in [0.15, 0.2) is 66.4 Å². The van der Waals surface area contributed by atoms with Crippen LogP contribution in [0.1, 0.15) is 15.9 Å². The average molecular weight is 461 g/mol. The van der Waals surface area contributed by atoms with Crippen molar-refractivity contribution in [1.82, 2.24) is 0 Å². The predicted octanol–water partition coefficient (Wildman–Crippen LogP) is 4.35. The molecule has 1 amide bonds. The van der Waals surface area contributed by atoms with Crippen molar-refractivity contribution in [1.29, 1.82) is 0 Å². The van der Waals surface area contributed by atoms with Crippen molar-refractivity contribution >= 4 is 23.5 Å². The van der Waals surface area contributed by atoms with Crippen molar-refractivity contribution in [3.8, 4) is 28.7 Å². The molecule has 1 aliphatic heterocycles. The van der Waals surface area contributed by atoms with Gasteiger partial charge in [-0.05, 0) is 48.5 Å². The molecule has 0 radical (unpaired) electrons. The van der Waals surface area contributed by atoms with Gasteiger partial charge in [-0.25, -0.2) is 0 Å². The first-order valence-corrected chi connectivity index (χ1v) is 10.4. The Morgan fingerprint density at radius 3 is 2.41 bits per heavy atom. The molecule has 8 heteroatoms. The van der Waals surface area contributed by atoms with Gasteiger partial charge in [0.05, 0.1) is 26.9 Å². The summed E-state index contributed by atoms with van der Waals surface area (Å²) in [5.41, 5.74) is 1.67. The quantitative estimate of drug-likeness (QED) is 0.499. The molecule has 0 spiro atoms. The molecule has 1 heterocycles. The maximum absolute atomic E-state index is 12.8. The molecule has 1 aliphatic rings. The molecule has 0 bridgehead atoms. The third kappa shape index (κ3) is 4.80. The van der Waals surface area contributed by atoms with Gasteiger partial charge in [0.25, 0.3) is 5.91 Å². The predicted molar refractivity (Wildman–Crippen MR) is 126 cm³/mol. The standard InChI is InChI=1S/C26H23NO7/c1-30-18-9-7-17(8-10-18)27-24(28)15-33-19-11-12-20-22(14-19)34-23(25(20)29)13-16-5-4-6-21(31-2)26(16)32-3/h4-14H,15H2,1-3H3,(H,27,28). The smallest absolute Gasteiger partial charge is 0.262 e. The summed E-state index contributed by atoms with van der Waals surface area (Å²) in [6.07, 6.45) is 1.60. The highest BCUT2D eigenvalue weighted by atomic mass is 16.5. The summed E-state index contributed by atoms with van der Waals surface area (Å²) in [6.45, 7) is -0.206. The molecule has 174 valence electrons. The number of methoxy groups -OCH3 is 3. The number of carbonyl (C=O) groups excluding carboxylic acids is 2. The molecule has 0 saturated heterocycles. The van der Waals surface area contributed by atoms with Crippen LogP contribution in [0.4, 0.5) is 5.69 Å². The third-order valence-corrected chi connectivity index (χ3v) is 5.11. The summed E-state index contributed by atoms with van der Waals surface area (Å²) in [5.74, 6) is 2.05.